The van der Waals surface area contributed by atoms with E-state index in [0.29, 0.717) is 6.42 Å². The van der Waals surface area contributed by atoms with Crippen LogP contribution in [0.4, 0.5) is 0 Å². The van der Waals surface area contributed by atoms with Gasteiger partial charge in [-0.1, -0.05) is 42.5 Å². The highest BCUT2D eigenvalue weighted by Gasteiger charge is 2.34. The lowest BCUT2D eigenvalue weighted by atomic mass is 9.89. The van der Waals surface area contributed by atoms with Crippen molar-refractivity contribution in [1.29, 1.82) is 0 Å². The number of ether oxygens (including phenoxy) is 1. The Hall–Kier alpha value is -1.94. The molecule has 0 saturated carbocycles. The largest absolute Gasteiger partial charge is 0.487 e. The monoisotopic (exact) mass is 369 g/mol. The molecule has 0 saturated heterocycles. The molecule has 3 nitrogen and oxygen atoms in total. The minimum absolute atomic E-state index is 0.0148. The second kappa shape index (κ2) is 8.17. The summed E-state index contributed by atoms with van der Waals surface area (Å²) in [5.41, 5.74) is 3.28. The number of rotatable bonds is 6. The van der Waals surface area contributed by atoms with E-state index in [9.17, 15) is 4.79 Å². The molecule has 1 amide bonds. The van der Waals surface area contributed by atoms with Crippen LogP contribution < -0.4 is 10.1 Å². The number of aryl methyl sites for hydroxylation is 1. The fraction of sp³-hybridized carbons (Fsp3) is 0.409. The van der Waals surface area contributed by atoms with Gasteiger partial charge < -0.3 is 10.1 Å². The van der Waals surface area contributed by atoms with E-state index in [-0.39, 0.29) is 17.6 Å². The van der Waals surface area contributed by atoms with Gasteiger partial charge in [-0.2, -0.15) is 11.8 Å². The molecule has 1 atom stereocenters. The predicted octanol–water partition coefficient (Wildman–Crippen LogP) is 5.04. The molecule has 1 N–H and O–H groups in total. The number of nitrogens with one attached hydrogen (secondary N) is 1. The first-order valence-electron chi connectivity index (χ1n) is 9.13. The molecule has 26 heavy (non-hydrogen) atoms. The van der Waals surface area contributed by atoms with Crippen molar-refractivity contribution in [2.45, 2.75) is 51.0 Å². The van der Waals surface area contributed by atoms with Crippen molar-refractivity contribution < 1.29 is 9.53 Å². The van der Waals surface area contributed by atoms with E-state index in [1.54, 1.807) is 11.8 Å². The molecule has 1 heterocycles. The summed E-state index contributed by atoms with van der Waals surface area (Å²) in [5, 5.41) is 3.22. The van der Waals surface area contributed by atoms with Crippen LogP contribution in [-0.2, 0) is 10.5 Å². The average molecular weight is 370 g/mol. The highest BCUT2D eigenvalue weighted by Crippen LogP contribution is 2.39. The number of fused-ring (bicyclic) bond motifs is 1. The molecule has 0 fully saturated rings. The zero-order chi connectivity index (χ0) is 18.6. The summed E-state index contributed by atoms with van der Waals surface area (Å²) in [4.78, 5) is 12.4. The summed E-state index contributed by atoms with van der Waals surface area (Å²) >= 11 is 1.80. The Bertz CT molecular complexity index is 758. The van der Waals surface area contributed by atoms with Crippen LogP contribution in [0.5, 0.6) is 5.75 Å². The Kier molecular flexibility index (Phi) is 5.92. The van der Waals surface area contributed by atoms with Crippen LogP contribution >= 0.6 is 11.8 Å². The number of amides is 1. The lowest BCUT2D eigenvalue weighted by molar-refractivity contribution is -0.121. The van der Waals surface area contributed by atoms with Crippen molar-refractivity contribution in [3.05, 3.63) is 65.2 Å². The van der Waals surface area contributed by atoms with Gasteiger partial charge in [0.15, 0.2) is 0 Å². The molecule has 2 aromatic rings. The number of thioether (sulfide) groups is 1. The summed E-state index contributed by atoms with van der Waals surface area (Å²) in [6.07, 6.45) is 1.32. The summed E-state index contributed by atoms with van der Waals surface area (Å²) in [6.45, 7) is 6.21. The molecule has 4 heteroatoms. The van der Waals surface area contributed by atoms with Crippen LogP contribution in [0.15, 0.2) is 48.5 Å². The van der Waals surface area contributed by atoms with Gasteiger partial charge in [0.25, 0.3) is 0 Å². The minimum Gasteiger partial charge on any atom is -0.487 e. The van der Waals surface area contributed by atoms with E-state index in [1.807, 2.05) is 6.07 Å². The third-order valence-corrected chi connectivity index (χ3v) is 5.58. The SMILES string of the molecule is Cc1ccc2c(c1)OC(C)(C)CC2NC(=O)CCSCc1ccccc1. The number of carbonyl (C=O) groups excluding carboxylic acids is 1. The Morgan fingerprint density at radius 2 is 2.00 bits per heavy atom. The minimum atomic E-state index is -0.277. The van der Waals surface area contributed by atoms with E-state index in [2.05, 4.69) is 68.6 Å². The van der Waals surface area contributed by atoms with Gasteiger partial charge in [-0.3, -0.25) is 4.79 Å². The third-order valence-electron chi connectivity index (χ3n) is 4.55. The van der Waals surface area contributed by atoms with Crippen LogP contribution in [0.25, 0.3) is 0 Å². The van der Waals surface area contributed by atoms with Gasteiger partial charge in [0, 0.05) is 29.9 Å². The molecule has 0 radical (unpaired) electrons. The van der Waals surface area contributed by atoms with Gasteiger partial charge in [-0.25, -0.2) is 0 Å². The molecule has 2 aromatic carbocycles. The van der Waals surface area contributed by atoms with E-state index in [0.717, 1.165) is 29.2 Å². The predicted molar refractivity (Wildman–Crippen MR) is 109 cm³/mol. The first kappa shape index (κ1) is 18.8. The van der Waals surface area contributed by atoms with Crippen LogP contribution in [0, 0.1) is 6.92 Å². The lowest BCUT2D eigenvalue weighted by Gasteiger charge is -2.38. The van der Waals surface area contributed by atoms with Crippen LogP contribution in [0.3, 0.4) is 0 Å². The molecule has 0 aromatic heterocycles. The van der Waals surface area contributed by atoms with Crippen molar-refractivity contribution >= 4 is 17.7 Å². The van der Waals surface area contributed by atoms with Gasteiger partial charge in [-0.05, 0) is 38.0 Å². The zero-order valence-electron chi connectivity index (χ0n) is 15.7. The van der Waals surface area contributed by atoms with Gasteiger partial charge in [0.1, 0.15) is 11.4 Å². The Labute approximate surface area is 160 Å². The summed E-state index contributed by atoms with van der Waals surface area (Å²) in [6, 6.07) is 16.6. The number of benzene rings is 2. The molecule has 3 rings (SSSR count). The molecule has 1 aliphatic rings. The molecule has 138 valence electrons. The second-order valence-corrected chi connectivity index (χ2v) is 8.62. The molecule has 0 spiro atoms. The van der Waals surface area contributed by atoms with Crippen molar-refractivity contribution in [2.24, 2.45) is 0 Å². The standard InChI is InChI=1S/C22H27NO2S/c1-16-9-10-18-19(14-22(2,3)25-20(18)13-16)23-21(24)11-12-26-15-17-7-5-4-6-8-17/h4-10,13,19H,11-12,14-15H2,1-3H3,(H,23,24). The van der Waals surface area contributed by atoms with Crippen molar-refractivity contribution in [2.75, 3.05) is 5.75 Å². The quantitative estimate of drug-likeness (QED) is 0.725. The van der Waals surface area contributed by atoms with Crippen molar-refractivity contribution in [3.63, 3.8) is 0 Å². The lowest BCUT2D eigenvalue weighted by Crippen LogP contribution is -2.41. The maximum Gasteiger partial charge on any atom is 0.221 e. The molecule has 0 aliphatic carbocycles. The van der Waals surface area contributed by atoms with E-state index < -0.39 is 0 Å². The highest BCUT2D eigenvalue weighted by molar-refractivity contribution is 7.98. The molecule has 0 bridgehead atoms. The Balaban J connectivity index is 1.54. The summed E-state index contributed by atoms with van der Waals surface area (Å²) in [5.74, 6) is 2.78. The topological polar surface area (TPSA) is 38.3 Å². The van der Waals surface area contributed by atoms with Crippen molar-refractivity contribution in [3.8, 4) is 5.75 Å². The van der Waals surface area contributed by atoms with E-state index in [4.69, 9.17) is 4.74 Å². The van der Waals surface area contributed by atoms with Crippen molar-refractivity contribution in [1.82, 2.24) is 5.32 Å². The zero-order valence-corrected chi connectivity index (χ0v) is 16.6. The third kappa shape index (κ3) is 5.04. The summed E-state index contributed by atoms with van der Waals surface area (Å²) in [7, 11) is 0. The van der Waals surface area contributed by atoms with E-state index in [1.165, 1.54) is 11.1 Å². The smallest absolute Gasteiger partial charge is 0.221 e. The second-order valence-electron chi connectivity index (χ2n) is 7.52. The number of hydrogen-bond donors (Lipinski definition) is 1. The maximum absolute atomic E-state index is 12.4. The Morgan fingerprint density at radius 3 is 2.77 bits per heavy atom. The van der Waals surface area contributed by atoms with Crippen LogP contribution in [0.2, 0.25) is 0 Å². The van der Waals surface area contributed by atoms with Gasteiger partial charge >= 0.3 is 0 Å². The Morgan fingerprint density at radius 1 is 1.23 bits per heavy atom. The average Bonchev–Trinajstić information content (AvgIpc) is 2.58. The van der Waals surface area contributed by atoms with Crippen LogP contribution in [0.1, 0.15) is 49.4 Å². The fourth-order valence-corrected chi connectivity index (χ4v) is 4.19. The molecular weight excluding hydrogens is 342 g/mol. The van der Waals surface area contributed by atoms with Gasteiger partial charge in [0.2, 0.25) is 5.91 Å². The first-order valence-corrected chi connectivity index (χ1v) is 10.3. The molecule has 1 aliphatic heterocycles. The maximum atomic E-state index is 12.4. The molecular formula is C22H27NO2S. The number of carbonyl (C=O) groups is 1. The highest BCUT2D eigenvalue weighted by atomic mass is 32.2. The fourth-order valence-electron chi connectivity index (χ4n) is 3.28. The number of hydrogen-bond acceptors (Lipinski definition) is 3. The normalized spacial score (nSPS) is 17.9. The first-order chi connectivity index (χ1) is 12.4. The molecule has 1 unspecified atom stereocenters. The van der Waals surface area contributed by atoms with Crippen LogP contribution in [-0.4, -0.2) is 17.3 Å². The van der Waals surface area contributed by atoms with Gasteiger partial charge in [-0.15, -0.1) is 0 Å². The summed E-state index contributed by atoms with van der Waals surface area (Å²) < 4.78 is 6.10. The van der Waals surface area contributed by atoms with Gasteiger partial charge in [0.05, 0.1) is 6.04 Å². The van der Waals surface area contributed by atoms with E-state index >= 15 is 0 Å².